The number of carbonyl (C=O) groups excluding carboxylic acids is 1. The Morgan fingerprint density at radius 2 is 1.82 bits per heavy atom. The first-order valence-electron chi connectivity index (χ1n) is 14.0. The van der Waals surface area contributed by atoms with Crippen LogP contribution in [0.3, 0.4) is 0 Å². The summed E-state index contributed by atoms with van der Waals surface area (Å²) in [5, 5.41) is 5.73. The molecule has 9 heteroatoms. The zero-order chi connectivity index (χ0) is 27.5. The highest BCUT2D eigenvalue weighted by molar-refractivity contribution is 5.98. The first kappa shape index (κ1) is 26.0. The van der Waals surface area contributed by atoms with Crippen molar-refractivity contribution in [2.45, 2.75) is 44.2 Å². The van der Waals surface area contributed by atoms with Gasteiger partial charge in [0.1, 0.15) is 29.3 Å². The Bertz CT molecular complexity index is 1500. The number of likely N-dealkylation sites (N-methyl/N-ethyl adjacent to an activating group) is 1. The first-order chi connectivity index (χ1) is 19.6. The molecule has 1 atom stereocenters. The molecular weight excluding hydrogens is 502 g/mol. The average molecular weight is 538 g/mol. The van der Waals surface area contributed by atoms with Gasteiger partial charge < -0.3 is 15.4 Å². The number of anilines is 1. The second-order valence-electron chi connectivity index (χ2n) is 10.7. The molecule has 6 rings (SSSR count). The lowest BCUT2D eigenvalue weighted by molar-refractivity contribution is -0.127. The number of nitrogens with zero attached hydrogens (tertiary/aromatic N) is 6. The summed E-state index contributed by atoms with van der Waals surface area (Å²) in [6.07, 6.45) is 10.8. The number of aromatic nitrogens is 4. The van der Waals surface area contributed by atoms with Crippen molar-refractivity contribution in [1.29, 1.82) is 0 Å². The lowest BCUT2D eigenvalue weighted by Crippen LogP contribution is -2.40. The SMILES string of the molecule is CN(CC=CC(=O)N1CCC[C@@H](n2nc(-c3ccc(Oc4ccccc4)cc3)c3c(N)ncnc32)C1)C1CCC1. The summed E-state index contributed by atoms with van der Waals surface area (Å²) in [5.41, 5.74) is 8.66. The summed E-state index contributed by atoms with van der Waals surface area (Å²) in [5.74, 6) is 1.94. The minimum absolute atomic E-state index is 0.00464. The van der Waals surface area contributed by atoms with E-state index in [9.17, 15) is 4.79 Å². The lowest BCUT2D eigenvalue weighted by Gasteiger charge is -2.34. The van der Waals surface area contributed by atoms with E-state index in [4.69, 9.17) is 15.6 Å². The Balaban J connectivity index is 1.21. The van der Waals surface area contributed by atoms with E-state index < -0.39 is 0 Å². The quantitative estimate of drug-likeness (QED) is 0.313. The maximum Gasteiger partial charge on any atom is 0.246 e. The van der Waals surface area contributed by atoms with Gasteiger partial charge in [0.2, 0.25) is 5.91 Å². The van der Waals surface area contributed by atoms with Gasteiger partial charge in [-0.05, 0) is 69.1 Å². The molecule has 40 heavy (non-hydrogen) atoms. The Hall–Kier alpha value is -4.24. The Kier molecular flexibility index (Phi) is 7.46. The minimum Gasteiger partial charge on any atom is -0.457 e. The number of hydrogen-bond donors (Lipinski definition) is 1. The summed E-state index contributed by atoms with van der Waals surface area (Å²) >= 11 is 0. The zero-order valence-corrected chi connectivity index (χ0v) is 22.8. The van der Waals surface area contributed by atoms with Crippen LogP contribution in [0, 0.1) is 0 Å². The fraction of sp³-hybridized carbons (Fsp3) is 0.355. The number of amides is 1. The molecule has 1 amide bonds. The molecule has 0 bridgehead atoms. The van der Waals surface area contributed by atoms with Crippen molar-refractivity contribution >= 4 is 22.8 Å². The van der Waals surface area contributed by atoms with Crippen LogP contribution >= 0.6 is 0 Å². The monoisotopic (exact) mass is 537 g/mol. The highest BCUT2D eigenvalue weighted by Crippen LogP contribution is 2.35. The second-order valence-corrected chi connectivity index (χ2v) is 10.7. The number of ether oxygens (including phenoxy) is 1. The van der Waals surface area contributed by atoms with E-state index in [0.717, 1.165) is 54.1 Å². The van der Waals surface area contributed by atoms with Crippen LogP contribution < -0.4 is 10.5 Å². The Labute approximate surface area is 234 Å². The van der Waals surface area contributed by atoms with Crippen LogP contribution in [-0.4, -0.2) is 68.2 Å². The van der Waals surface area contributed by atoms with Gasteiger partial charge in [0.15, 0.2) is 5.65 Å². The van der Waals surface area contributed by atoms with Crippen molar-refractivity contribution in [3.8, 4) is 22.8 Å². The van der Waals surface area contributed by atoms with E-state index in [-0.39, 0.29) is 11.9 Å². The van der Waals surface area contributed by atoms with Crippen LogP contribution in [0.5, 0.6) is 11.5 Å². The number of hydrogen-bond acceptors (Lipinski definition) is 7. The molecule has 2 aromatic carbocycles. The number of carbonyl (C=O) groups is 1. The molecule has 3 heterocycles. The number of piperidine rings is 1. The molecule has 1 saturated carbocycles. The zero-order valence-electron chi connectivity index (χ0n) is 22.8. The maximum absolute atomic E-state index is 13.1. The van der Waals surface area contributed by atoms with Crippen LogP contribution in [0.25, 0.3) is 22.3 Å². The van der Waals surface area contributed by atoms with Crippen molar-refractivity contribution in [1.82, 2.24) is 29.5 Å². The van der Waals surface area contributed by atoms with Gasteiger partial charge in [0.25, 0.3) is 0 Å². The average Bonchev–Trinajstić information content (AvgIpc) is 3.34. The predicted molar refractivity (Wildman–Crippen MR) is 156 cm³/mol. The first-order valence-corrected chi connectivity index (χ1v) is 14.0. The van der Waals surface area contributed by atoms with Crippen molar-refractivity contribution in [2.75, 3.05) is 32.4 Å². The van der Waals surface area contributed by atoms with Gasteiger partial charge in [-0.2, -0.15) is 5.10 Å². The van der Waals surface area contributed by atoms with Gasteiger partial charge >= 0.3 is 0 Å². The van der Waals surface area contributed by atoms with Crippen LogP contribution in [0.1, 0.15) is 38.1 Å². The van der Waals surface area contributed by atoms with Crippen molar-refractivity contribution in [2.24, 2.45) is 0 Å². The second kappa shape index (κ2) is 11.5. The Morgan fingerprint density at radius 3 is 2.58 bits per heavy atom. The third-order valence-corrected chi connectivity index (χ3v) is 8.03. The molecular formula is C31H35N7O2. The lowest BCUT2D eigenvalue weighted by atomic mass is 9.92. The smallest absolute Gasteiger partial charge is 0.246 e. The number of nitrogens with two attached hydrogens (primary N) is 1. The molecule has 2 aliphatic rings. The highest BCUT2D eigenvalue weighted by Gasteiger charge is 2.28. The van der Waals surface area contributed by atoms with E-state index in [1.807, 2.05) is 70.3 Å². The number of likely N-dealkylation sites (tertiary alicyclic amines) is 1. The topological polar surface area (TPSA) is 102 Å². The summed E-state index contributed by atoms with van der Waals surface area (Å²) in [6, 6.07) is 18.1. The molecule has 1 saturated heterocycles. The van der Waals surface area contributed by atoms with Crippen molar-refractivity contribution < 1.29 is 9.53 Å². The Morgan fingerprint density at radius 1 is 1.05 bits per heavy atom. The molecule has 0 spiro atoms. The molecule has 1 aliphatic heterocycles. The predicted octanol–water partition coefficient (Wildman–Crippen LogP) is 5.07. The van der Waals surface area contributed by atoms with Crippen molar-refractivity contribution in [3.63, 3.8) is 0 Å². The number of fused-ring (bicyclic) bond motifs is 1. The number of nitrogen functional groups attached to an aromatic ring is 1. The molecule has 9 nitrogen and oxygen atoms in total. The van der Waals surface area contributed by atoms with E-state index in [0.29, 0.717) is 24.1 Å². The highest BCUT2D eigenvalue weighted by atomic mass is 16.5. The molecule has 0 unspecified atom stereocenters. The van der Waals surface area contributed by atoms with Crippen LogP contribution in [0.15, 0.2) is 73.1 Å². The standard InChI is InChI=1S/C31H35N7O2/c1-36(23-8-5-9-23)18-7-13-27(39)37-19-6-10-24(20-37)38-31-28(30(32)33-21-34-31)29(35-38)22-14-16-26(17-15-22)40-25-11-3-2-4-12-25/h2-4,7,11-17,21,23-24H,5-6,8-10,18-20H2,1H3,(H2,32,33,34)/t24-/m1/s1. The molecule has 0 radical (unpaired) electrons. The van der Waals surface area contributed by atoms with Gasteiger partial charge in [-0.25, -0.2) is 14.6 Å². The van der Waals surface area contributed by atoms with E-state index in [1.54, 1.807) is 6.08 Å². The molecule has 1 aliphatic carbocycles. The maximum atomic E-state index is 13.1. The summed E-state index contributed by atoms with van der Waals surface area (Å²) < 4.78 is 7.89. The van der Waals surface area contributed by atoms with Crippen molar-refractivity contribution in [3.05, 3.63) is 73.1 Å². The molecule has 2 N–H and O–H groups in total. The fourth-order valence-electron chi connectivity index (χ4n) is 5.51. The van der Waals surface area contributed by atoms with E-state index in [2.05, 4.69) is 21.9 Å². The summed E-state index contributed by atoms with van der Waals surface area (Å²) in [6.45, 7) is 2.11. The van der Waals surface area contributed by atoms with Gasteiger partial charge in [-0.1, -0.05) is 30.7 Å². The molecule has 206 valence electrons. The molecule has 2 aromatic heterocycles. The summed E-state index contributed by atoms with van der Waals surface area (Å²) in [4.78, 5) is 26.1. The fourth-order valence-corrected chi connectivity index (χ4v) is 5.51. The number of benzene rings is 2. The number of para-hydroxylation sites is 1. The van der Waals surface area contributed by atoms with Crippen LogP contribution in [0.4, 0.5) is 5.82 Å². The van der Waals surface area contributed by atoms with Gasteiger partial charge in [-0.15, -0.1) is 0 Å². The van der Waals surface area contributed by atoms with Crippen LogP contribution in [-0.2, 0) is 4.79 Å². The third kappa shape index (κ3) is 5.42. The minimum atomic E-state index is -0.00464. The number of rotatable bonds is 8. The largest absolute Gasteiger partial charge is 0.457 e. The third-order valence-electron chi connectivity index (χ3n) is 8.03. The van der Waals surface area contributed by atoms with E-state index >= 15 is 0 Å². The van der Waals surface area contributed by atoms with Gasteiger partial charge in [0.05, 0.1) is 11.4 Å². The van der Waals surface area contributed by atoms with Gasteiger partial charge in [0, 0.05) is 37.3 Å². The van der Waals surface area contributed by atoms with Crippen LogP contribution in [0.2, 0.25) is 0 Å². The molecule has 4 aromatic rings. The normalized spacial score (nSPS) is 17.9. The van der Waals surface area contributed by atoms with Gasteiger partial charge in [-0.3, -0.25) is 9.69 Å². The van der Waals surface area contributed by atoms with E-state index in [1.165, 1.54) is 25.6 Å². The molecule has 2 fully saturated rings. The summed E-state index contributed by atoms with van der Waals surface area (Å²) in [7, 11) is 2.13.